The van der Waals surface area contributed by atoms with Crippen LogP contribution in [-0.4, -0.2) is 61.2 Å². The molecule has 1 aromatic carbocycles. The molecule has 1 heterocycles. The molecule has 0 aliphatic carbocycles. The summed E-state index contributed by atoms with van der Waals surface area (Å²) in [4.78, 5) is 26.3. The van der Waals surface area contributed by atoms with Crippen LogP contribution in [0.25, 0.3) is 0 Å². The van der Waals surface area contributed by atoms with E-state index in [-0.39, 0.29) is 32.2 Å². The van der Waals surface area contributed by atoms with Crippen molar-refractivity contribution in [1.29, 1.82) is 0 Å². The Labute approximate surface area is 137 Å². The molecule has 0 atom stereocenters. The number of ether oxygens (including phenoxy) is 1. The smallest absolute Gasteiger partial charge is 0.397 e. The minimum atomic E-state index is -4.52. The van der Waals surface area contributed by atoms with E-state index < -0.39 is 18.5 Å². The second-order valence-electron chi connectivity index (χ2n) is 5.32. The Kier molecular flexibility index (Phi) is 5.53. The molecule has 1 saturated heterocycles. The van der Waals surface area contributed by atoms with Crippen LogP contribution in [0.15, 0.2) is 24.3 Å². The number of benzene rings is 1. The first-order valence-electron chi connectivity index (χ1n) is 7.33. The zero-order valence-electron chi connectivity index (χ0n) is 13.1. The van der Waals surface area contributed by atoms with Crippen molar-refractivity contribution in [3.8, 4) is 5.75 Å². The molecular formula is C15H18F3N3O3. The highest BCUT2D eigenvalue weighted by atomic mass is 19.4. The van der Waals surface area contributed by atoms with Gasteiger partial charge in [0.25, 0.3) is 0 Å². The lowest BCUT2D eigenvalue weighted by Gasteiger charge is -2.34. The highest BCUT2D eigenvalue weighted by molar-refractivity contribution is 5.89. The third-order valence-corrected chi connectivity index (χ3v) is 3.59. The molecule has 0 aromatic heterocycles. The number of piperazine rings is 1. The summed E-state index contributed by atoms with van der Waals surface area (Å²) in [7, 11) is 1.51. The van der Waals surface area contributed by atoms with E-state index in [0.29, 0.717) is 11.4 Å². The van der Waals surface area contributed by atoms with E-state index in [1.807, 2.05) is 0 Å². The fourth-order valence-electron chi connectivity index (χ4n) is 2.35. The van der Waals surface area contributed by atoms with Crippen LogP contribution in [0.5, 0.6) is 5.75 Å². The monoisotopic (exact) mass is 345 g/mol. The number of nitrogens with zero attached hydrogens (tertiary/aromatic N) is 2. The van der Waals surface area contributed by atoms with Gasteiger partial charge >= 0.3 is 12.2 Å². The molecule has 9 heteroatoms. The van der Waals surface area contributed by atoms with Crippen LogP contribution < -0.4 is 10.1 Å². The number of hydrogen-bond acceptors (Lipinski definition) is 3. The van der Waals surface area contributed by atoms with Gasteiger partial charge in [-0.2, -0.15) is 13.2 Å². The van der Waals surface area contributed by atoms with Crippen LogP contribution in [0.1, 0.15) is 6.42 Å². The fraction of sp³-hybridized carbons (Fsp3) is 0.467. The van der Waals surface area contributed by atoms with Crippen molar-refractivity contribution >= 4 is 17.6 Å². The van der Waals surface area contributed by atoms with Crippen molar-refractivity contribution in [2.24, 2.45) is 0 Å². The van der Waals surface area contributed by atoms with Crippen LogP contribution in [0, 0.1) is 0 Å². The summed E-state index contributed by atoms with van der Waals surface area (Å²) < 4.78 is 41.8. The molecule has 1 aliphatic heterocycles. The first-order valence-corrected chi connectivity index (χ1v) is 7.33. The molecule has 1 fully saturated rings. The maximum absolute atomic E-state index is 12.2. The Hall–Kier alpha value is -2.45. The molecule has 0 unspecified atom stereocenters. The maximum atomic E-state index is 12.2. The molecule has 3 amide bonds. The molecule has 6 nitrogen and oxygen atoms in total. The van der Waals surface area contributed by atoms with Gasteiger partial charge in [-0.15, -0.1) is 0 Å². The van der Waals surface area contributed by atoms with Crippen molar-refractivity contribution in [2.75, 3.05) is 38.6 Å². The maximum Gasteiger partial charge on any atom is 0.397 e. The van der Waals surface area contributed by atoms with E-state index in [1.165, 1.54) is 12.0 Å². The Morgan fingerprint density at radius 1 is 1.17 bits per heavy atom. The third kappa shape index (κ3) is 5.04. The fourth-order valence-corrected chi connectivity index (χ4v) is 2.35. The van der Waals surface area contributed by atoms with Crippen LogP contribution >= 0.6 is 0 Å². The molecular weight excluding hydrogens is 327 g/mol. The summed E-state index contributed by atoms with van der Waals surface area (Å²) in [6, 6.07) is 6.44. The number of hydrogen-bond donors (Lipinski definition) is 1. The number of anilines is 1. The molecule has 0 bridgehead atoms. The number of methoxy groups -OCH3 is 1. The first-order chi connectivity index (χ1) is 11.3. The second-order valence-corrected chi connectivity index (χ2v) is 5.32. The van der Waals surface area contributed by atoms with Gasteiger partial charge < -0.3 is 19.9 Å². The standard InChI is InChI=1S/C15H18F3N3O3/c1-24-12-4-2-3-11(9-12)19-14(23)21-7-5-20(6-8-21)13(22)10-15(16,17)18/h2-4,9H,5-8,10H2,1H3,(H,19,23). The van der Waals surface area contributed by atoms with Gasteiger partial charge in [0.2, 0.25) is 5.91 Å². The quantitative estimate of drug-likeness (QED) is 0.915. The predicted octanol–water partition coefficient (Wildman–Crippen LogP) is 2.32. The van der Waals surface area contributed by atoms with Crippen LogP contribution in [0.3, 0.4) is 0 Å². The van der Waals surface area contributed by atoms with Crippen LogP contribution in [-0.2, 0) is 4.79 Å². The Bertz CT molecular complexity index is 599. The Balaban J connectivity index is 1.85. The third-order valence-electron chi connectivity index (χ3n) is 3.59. The van der Waals surface area contributed by atoms with Gasteiger partial charge in [0.1, 0.15) is 12.2 Å². The Morgan fingerprint density at radius 3 is 2.38 bits per heavy atom. The summed E-state index contributed by atoms with van der Waals surface area (Å²) in [5.74, 6) is -0.370. The lowest BCUT2D eigenvalue weighted by Crippen LogP contribution is -2.52. The minimum Gasteiger partial charge on any atom is -0.497 e. The SMILES string of the molecule is COc1cccc(NC(=O)N2CCN(C(=O)CC(F)(F)F)CC2)c1. The molecule has 1 N–H and O–H groups in total. The molecule has 1 aliphatic rings. The number of halogens is 3. The molecule has 1 aromatic rings. The molecule has 0 radical (unpaired) electrons. The molecule has 0 saturated carbocycles. The number of alkyl halides is 3. The van der Waals surface area contributed by atoms with Crippen molar-refractivity contribution in [2.45, 2.75) is 12.6 Å². The highest BCUT2D eigenvalue weighted by Crippen LogP contribution is 2.21. The second kappa shape index (κ2) is 7.41. The summed E-state index contributed by atoms with van der Waals surface area (Å²) in [6.45, 7) is 0.527. The topological polar surface area (TPSA) is 61.9 Å². The van der Waals surface area contributed by atoms with E-state index in [0.717, 1.165) is 4.90 Å². The molecule has 0 spiro atoms. The largest absolute Gasteiger partial charge is 0.497 e. The van der Waals surface area contributed by atoms with Crippen LogP contribution in [0.2, 0.25) is 0 Å². The van der Waals surface area contributed by atoms with E-state index in [9.17, 15) is 22.8 Å². The van der Waals surface area contributed by atoms with Gasteiger partial charge in [0, 0.05) is 37.9 Å². The van der Waals surface area contributed by atoms with Gasteiger partial charge in [0.15, 0.2) is 0 Å². The zero-order valence-corrected chi connectivity index (χ0v) is 13.1. The van der Waals surface area contributed by atoms with Gasteiger partial charge in [-0.3, -0.25) is 4.79 Å². The number of carbonyl (C=O) groups excluding carboxylic acids is 2. The van der Waals surface area contributed by atoms with Gasteiger partial charge in [-0.05, 0) is 12.1 Å². The van der Waals surface area contributed by atoms with E-state index in [1.54, 1.807) is 24.3 Å². The van der Waals surface area contributed by atoms with Crippen molar-refractivity contribution in [3.05, 3.63) is 24.3 Å². The number of nitrogens with one attached hydrogen (secondary N) is 1. The number of rotatable bonds is 3. The average molecular weight is 345 g/mol. The van der Waals surface area contributed by atoms with Crippen molar-refractivity contribution in [1.82, 2.24) is 9.80 Å². The number of carbonyl (C=O) groups is 2. The predicted molar refractivity (Wildman–Crippen MR) is 80.8 cm³/mol. The molecule has 2 rings (SSSR count). The van der Waals surface area contributed by atoms with Crippen LogP contribution in [0.4, 0.5) is 23.7 Å². The highest BCUT2D eigenvalue weighted by Gasteiger charge is 2.34. The van der Waals surface area contributed by atoms with Gasteiger partial charge in [-0.1, -0.05) is 6.07 Å². The number of urea groups is 1. The lowest BCUT2D eigenvalue weighted by atomic mass is 10.2. The van der Waals surface area contributed by atoms with E-state index in [4.69, 9.17) is 4.74 Å². The molecule has 24 heavy (non-hydrogen) atoms. The van der Waals surface area contributed by atoms with E-state index in [2.05, 4.69) is 5.32 Å². The van der Waals surface area contributed by atoms with Crippen molar-refractivity contribution in [3.63, 3.8) is 0 Å². The summed E-state index contributed by atoms with van der Waals surface area (Å²) in [5, 5.41) is 2.69. The first kappa shape index (κ1) is 17.9. The molecule has 132 valence electrons. The Morgan fingerprint density at radius 2 is 1.79 bits per heavy atom. The summed E-state index contributed by atoms with van der Waals surface area (Å²) >= 11 is 0. The van der Waals surface area contributed by atoms with E-state index >= 15 is 0 Å². The van der Waals surface area contributed by atoms with Gasteiger partial charge in [-0.25, -0.2) is 4.79 Å². The lowest BCUT2D eigenvalue weighted by molar-refractivity contribution is -0.162. The summed E-state index contributed by atoms with van der Waals surface area (Å²) in [6.07, 6.45) is -5.99. The zero-order chi connectivity index (χ0) is 17.7. The van der Waals surface area contributed by atoms with Crippen molar-refractivity contribution < 1.29 is 27.5 Å². The summed E-state index contributed by atoms with van der Waals surface area (Å²) in [5.41, 5.74) is 0.551. The van der Waals surface area contributed by atoms with Gasteiger partial charge in [0.05, 0.1) is 7.11 Å². The average Bonchev–Trinajstić information content (AvgIpc) is 2.53. The normalized spacial score (nSPS) is 15.2. The minimum absolute atomic E-state index is 0.0838. The number of amides is 3.